The van der Waals surface area contributed by atoms with Crippen LogP contribution in [-0.4, -0.2) is 37.0 Å². The molecule has 2 unspecified atom stereocenters. The lowest BCUT2D eigenvalue weighted by Gasteiger charge is -2.16. The van der Waals surface area contributed by atoms with E-state index >= 15 is 0 Å². The molecule has 88 valence electrons. The molecule has 3 heteroatoms. The summed E-state index contributed by atoms with van der Waals surface area (Å²) in [5, 5.41) is 12.8. The zero-order valence-corrected chi connectivity index (χ0v) is 9.61. The van der Waals surface area contributed by atoms with Crippen molar-refractivity contribution in [3.63, 3.8) is 0 Å². The Morgan fingerprint density at radius 2 is 2.33 bits per heavy atom. The van der Waals surface area contributed by atoms with Crippen LogP contribution in [0.15, 0.2) is 12.7 Å². The first-order chi connectivity index (χ1) is 7.22. The second kappa shape index (κ2) is 6.99. The van der Waals surface area contributed by atoms with Crippen LogP contribution in [0.4, 0.5) is 0 Å². The van der Waals surface area contributed by atoms with Gasteiger partial charge >= 0.3 is 0 Å². The summed E-state index contributed by atoms with van der Waals surface area (Å²) in [5.74, 6) is 0.768. The summed E-state index contributed by atoms with van der Waals surface area (Å²) >= 11 is 0. The fourth-order valence-electron chi connectivity index (χ4n) is 1.38. The van der Waals surface area contributed by atoms with Gasteiger partial charge in [0.05, 0.1) is 12.7 Å². The van der Waals surface area contributed by atoms with Crippen LogP contribution in [0.2, 0.25) is 0 Å². The zero-order valence-electron chi connectivity index (χ0n) is 9.61. The van der Waals surface area contributed by atoms with E-state index in [0.717, 1.165) is 18.9 Å². The minimum absolute atomic E-state index is 0.376. The first kappa shape index (κ1) is 12.7. The lowest BCUT2D eigenvalue weighted by molar-refractivity contribution is 0.0315. The summed E-state index contributed by atoms with van der Waals surface area (Å²) in [6.45, 7) is 7.62. The van der Waals surface area contributed by atoms with Gasteiger partial charge in [-0.2, -0.15) is 0 Å². The number of rotatable bonds is 9. The molecule has 0 heterocycles. The van der Waals surface area contributed by atoms with Gasteiger partial charge in [-0.3, -0.25) is 0 Å². The van der Waals surface area contributed by atoms with Gasteiger partial charge in [0.2, 0.25) is 0 Å². The van der Waals surface area contributed by atoms with Crippen molar-refractivity contribution in [2.45, 2.75) is 38.3 Å². The van der Waals surface area contributed by atoms with Gasteiger partial charge in [0.25, 0.3) is 0 Å². The molecule has 2 N–H and O–H groups in total. The molecule has 0 bridgehead atoms. The van der Waals surface area contributed by atoms with E-state index < -0.39 is 6.10 Å². The molecule has 2 atom stereocenters. The standard InChI is InChI=1S/C12H23NO2/c1-3-4-10(2)13-7-12(14)9-15-8-11-5-6-11/h3,10-14H,1,4-9H2,2H3. The third-order valence-electron chi connectivity index (χ3n) is 2.58. The molecule has 0 radical (unpaired) electrons. The third kappa shape index (κ3) is 6.66. The summed E-state index contributed by atoms with van der Waals surface area (Å²) in [6, 6.07) is 0.376. The van der Waals surface area contributed by atoms with Gasteiger partial charge in [-0.1, -0.05) is 6.08 Å². The van der Waals surface area contributed by atoms with E-state index in [2.05, 4.69) is 18.8 Å². The van der Waals surface area contributed by atoms with E-state index in [4.69, 9.17) is 4.74 Å². The Balaban J connectivity index is 1.91. The number of nitrogens with one attached hydrogen (secondary N) is 1. The second-order valence-corrected chi connectivity index (χ2v) is 4.47. The number of aliphatic hydroxyl groups excluding tert-OH is 1. The lowest BCUT2D eigenvalue weighted by Crippen LogP contribution is -2.35. The summed E-state index contributed by atoms with van der Waals surface area (Å²) in [7, 11) is 0. The Morgan fingerprint density at radius 3 is 2.93 bits per heavy atom. The van der Waals surface area contributed by atoms with Crippen molar-refractivity contribution in [3.05, 3.63) is 12.7 Å². The molecule has 0 saturated heterocycles. The summed E-state index contributed by atoms with van der Waals surface area (Å²) < 4.78 is 5.40. The van der Waals surface area contributed by atoms with E-state index in [-0.39, 0.29) is 0 Å². The number of hydrogen-bond acceptors (Lipinski definition) is 3. The molecule has 0 aromatic rings. The van der Waals surface area contributed by atoms with Crippen LogP contribution in [-0.2, 0) is 4.74 Å². The maximum absolute atomic E-state index is 9.59. The van der Waals surface area contributed by atoms with E-state index in [1.807, 2.05) is 6.08 Å². The Hall–Kier alpha value is -0.380. The molecule has 15 heavy (non-hydrogen) atoms. The molecule has 0 spiro atoms. The molecular weight excluding hydrogens is 190 g/mol. The van der Waals surface area contributed by atoms with Crippen LogP contribution >= 0.6 is 0 Å². The van der Waals surface area contributed by atoms with Crippen LogP contribution < -0.4 is 5.32 Å². The number of ether oxygens (including phenoxy) is 1. The summed E-state index contributed by atoms with van der Waals surface area (Å²) in [6.07, 6.45) is 5.01. The van der Waals surface area contributed by atoms with Gasteiger partial charge in [-0.25, -0.2) is 0 Å². The molecule has 1 saturated carbocycles. The van der Waals surface area contributed by atoms with Gasteiger partial charge in [0.1, 0.15) is 0 Å². The largest absolute Gasteiger partial charge is 0.389 e. The predicted octanol–water partition coefficient (Wildman–Crippen LogP) is 1.33. The first-order valence-corrected chi connectivity index (χ1v) is 5.82. The van der Waals surface area contributed by atoms with Crippen LogP contribution in [0, 0.1) is 5.92 Å². The van der Waals surface area contributed by atoms with Crippen LogP contribution in [0.1, 0.15) is 26.2 Å². The quantitative estimate of drug-likeness (QED) is 0.568. The summed E-state index contributed by atoms with van der Waals surface area (Å²) in [5.41, 5.74) is 0. The molecule has 0 aliphatic heterocycles. The molecule has 0 amide bonds. The van der Waals surface area contributed by atoms with Gasteiger partial charge in [0, 0.05) is 19.2 Å². The topological polar surface area (TPSA) is 41.5 Å². The molecule has 0 aromatic carbocycles. The molecule has 0 aromatic heterocycles. The lowest BCUT2D eigenvalue weighted by atomic mass is 10.2. The highest BCUT2D eigenvalue weighted by molar-refractivity contribution is 4.76. The maximum atomic E-state index is 9.59. The monoisotopic (exact) mass is 213 g/mol. The fraction of sp³-hybridized carbons (Fsp3) is 0.833. The molecule has 1 aliphatic carbocycles. The van der Waals surface area contributed by atoms with E-state index in [0.29, 0.717) is 19.2 Å². The smallest absolute Gasteiger partial charge is 0.0897 e. The maximum Gasteiger partial charge on any atom is 0.0897 e. The van der Waals surface area contributed by atoms with Crippen molar-refractivity contribution in [2.24, 2.45) is 5.92 Å². The molecule has 3 nitrogen and oxygen atoms in total. The average molecular weight is 213 g/mol. The fourth-order valence-corrected chi connectivity index (χ4v) is 1.38. The van der Waals surface area contributed by atoms with Crippen molar-refractivity contribution in [2.75, 3.05) is 19.8 Å². The van der Waals surface area contributed by atoms with Gasteiger partial charge in [-0.05, 0) is 32.1 Å². The Bertz CT molecular complexity index is 180. The molecular formula is C12H23NO2. The number of hydrogen-bond donors (Lipinski definition) is 2. The SMILES string of the molecule is C=CCC(C)NCC(O)COCC1CC1. The first-order valence-electron chi connectivity index (χ1n) is 5.82. The van der Waals surface area contributed by atoms with Crippen molar-refractivity contribution in [3.8, 4) is 0 Å². The Labute approximate surface area is 92.5 Å². The zero-order chi connectivity index (χ0) is 11.1. The highest BCUT2D eigenvalue weighted by Gasteiger charge is 2.21. The van der Waals surface area contributed by atoms with Gasteiger partial charge in [-0.15, -0.1) is 6.58 Å². The third-order valence-corrected chi connectivity index (χ3v) is 2.58. The molecule has 1 rings (SSSR count). The van der Waals surface area contributed by atoms with E-state index in [9.17, 15) is 5.11 Å². The Kier molecular flexibility index (Phi) is 5.91. The minimum Gasteiger partial charge on any atom is -0.389 e. The average Bonchev–Trinajstić information content (AvgIpc) is 2.99. The van der Waals surface area contributed by atoms with Crippen LogP contribution in [0.5, 0.6) is 0 Å². The second-order valence-electron chi connectivity index (χ2n) is 4.47. The van der Waals surface area contributed by atoms with E-state index in [1.165, 1.54) is 12.8 Å². The van der Waals surface area contributed by atoms with Crippen molar-refractivity contribution in [1.82, 2.24) is 5.32 Å². The van der Waals surface area contributed by atoms with Gasteiger partial charge < -0.3 is 15.2 Å². The van der Waals surface area contributed by atoms with Crippen molar-refractivity contribution >= 4 is 0 Å². The van der Waals surface area contributed by atoms with Crippen LogP contribution in [0.3, 0.4) is 0 Å². The van der Waals surface area contributed by atoms with Gasteiger partial charge in [0.15, 0.2) is 0 Å². The highest BCUT2D eigenvalue weighted by atomic mass is 16.5. The van der Waals surface area contributed by atoms with Crippen molar-refractivity contribution in [1.29, 1.82) is 0 Å². The van der Waals surface area contributed by atoms with Crippen molar-refractivity contribution < 1.29 is 9.84 Å². The molecule has 1 fully saturated rings. The molecule has 1 aliphatic rings. The summed E-state index contributed by atoms with van der Waals surface area (Å²) in [4.78, 5) is 0. The van der Waals surface area contributed by atoms with E-state index in [1.54, 1.807) is 0 Å². The predicted molar refractivity (Wildman–Crippen MR) is 61.8 cm³/mol. The highest BCUT2D eigenvalue weighted by Crippen LogP contribution is 2.28. The van der Waals surface area contributed by atoms with Crippen LogP contribution in [0.25, 0.3) is 0 Å². The normalized spacial score (nSPS) is 19.9. The number of aliphatic hydroxyl groups is 1. The minimum atomic E-state index is -0.393. The Morgan fingerprint density at radius 1 is 1.60 bits per heavy atom.